The number of carbonyl (C=O) groups is 1. The highest BCUT2D eigenvalue weighted by molar-refractivity contribution is 7.18. The molecule has 0 spiro atoms. The Morgan fingerprint density at radius 2 is 2.18 bits per heavy atom. The SMILES string of the molecule is O=C(CN1CCCC1c1nc2ccccc2s1)Nc1ccc(Cl)c([N+](=O)[O-])c1. The predicted molar refractivity (Wildman–Crippen MR) is 110 cm³/mol. The second kappa shape index (κ2) is 7.83. The van der Waals surface area contributed by atoms with Crippen LogP contribution in [0.5, 0.6) is 0 Å². The van der Waals surface area contributed by atoms with Gasteiger partial charge in [0.25, 0.3) is 5.69 Å². The Balaban J connectivity index is 1.46. The molecule has 0 bridgehead atoms. The zero-order valence-corrected chi connectivity index (χ0v) is 16.4. The largest absolute Gasteiger partial charge is 0.325 e. The highest BCUT2D eigenvalue weighted by atomic mass is 35.5. The summed E-state index contributed by atoms with van der Waals surface area (Å²) in [5.41, 5.74) is 1.11. The van der Waals surface area contributed by atoms with E-state index in [1.165, 1.54) is 12.1 Å². The maximum absolute atomic E-state index is 12.5. The minimum Gasteiger partial charge on any atom is -0.325 e. The number of nitro groups is 1. The first-order chi connectivity index (χ1) is 13.5. The van der Waals surface area contributed by atoms with Gasteiger partial charge in [0, 0.05) is 11.8 Å². The first kappa shape index (κ1) is 18.8. The van der Waals surface area contributed by atoms with Crippen molar-refractivity contribution in [3.05, 3.63) is 62.6 Å². The van der Waals surface area contributed by atoms with Crippen molar-refractivity contribution < 1.29 is 9.72 Å². The van der Waals surface area contributed by atoms with Gasteiger partial charge in [0.2, 0.25) is 5.91 Å². The van der Waals surface area contributed by atoms with Gasteiger partial charge in [-0.15, -0.1) is 11.3 Å². The molecule has 1 atom stereocenters. The van der Waals surface area contributed by atoms with Gasteiger partial charge in [-0.3, -0.25) is 19.8 Å². The number of anilines is 1. The van der Waals surface area contributed by atoms with Crippen molar-refractivity contribution in [2.45, 2.75) is 18.9 Å². The molecule has 2 aromatic carbocycles. The van der Waals surface area contributed by atoms with Gasteiger partial charge >= 0.3 is 0 Å². The lowest BCUT2D eigenvalue weighted by atomic mass is 10.2. The summed E-state index contributed by atoms with van der Waals surface area (Å²) in [5.74, 6) is -0.218. The molecule has 1 aliphatic rings. The molecule has 4 rings (SSSR count). The average molecular weight is 417 g/mol. The number of hydrogen-bond donors (Lipinski definition) is 1. The van der Waals surface area contributed by atoms with Gasteiger partial charge in [0.15, 0.2) is 0 Å². The van der Waals surface area contributed by atoms with Crippen molar-refractivity contribution >= 4 is 50.4 Å². The number of fused-ring (bicyclic) bond motifs is 1. The number of para-hydroxylation sites is 1. The number of thiazole rings is 1. The zero-order valence-electron chi connectivity index (χ0n) is 14.8. The molecule has 9 heteroatoms. The number of aromatic nitrogens is 1. The quantitative estimate of drug-likeness (QED) is 0.483. The van der Waals surface area contributed by atoms with Crippen molar-refractivity contribution in [2.75, 3.05) is 18.4 Å². The summed E-state index contributed by atoms with van der Waals surface area (Å²) < 4.78 is 1.14. The smallest absolute Gasteiger partial charge is 0.289 e. The first-order valence-electron chi connectivity index (χ1n) is 8.84. The summed E-state index contributed by atoms with van der Waals surface area (Å²) in [6.07, 6.45) is 1.96. The van der Waals surface area contributed by atoms with Crippen molar-refractivity contribution in [1.29, 1.82) is 0 Å². The Morgan fingerprint density at radius 3 is 2.96 bits per heavy atom. The summed E-state index contributed by atoms with van der Waals surface area (Å²) in [7, 11) is 0. The van der Waals surface area contributed by atoms with Crippen LogP contribution in [0.3, 0.4) is 0 Å². The van der Waals surface area contributed by atoms with Crippen LogP contribution in [0.2, 0.25) is 5.02 Å². The van der Waals surface area contributed by atoms with Crippen LogP contribution in [0.1, 0.15) is 23.9 Å². The Labute approximate surface area is 170 Å². The number of hydrogen-bond acceptors (Lipinski definition) is 6. The molecule has 2 heterocycles. The van der Waals surface area contributed by atoms with Crippen LogP contribution in [0.4, 0.5) is 11.4 Å². The Morgan fingerprint density at radius 1 is 1.36 bits per heavy atom. The van der Waals surface area contributed by atoms with E-state index in [0.717, 1.165) is 34.6 Å². The molecule has 3 aromatic rings. The number of amides is 1. The molecular formula is C19H17ClN4O3S. The van der Waals surface area contributed by atoms with Gasteiger partial charge in [0.1, 0.15) is 10.0 Å². The molecule has 1 amide bonds. The van der Waals surface area contributed by atoms with Crippen LogP contribution in [-0.4, -0.2) is 33.8 Å². The Hall–Kier alpha value is -2.55. The van der Waals surface area contributed by atoms with Gasteiger partial charge in [-0.2, -0.15) is 0 Å². The molecule has 28 heavy (non-hydrogen) atoms. The first-order valence-corrected chi connectivity index (χ1v) is 10.0. The van der Waals surface area contributed by atoms with E-state index in [9.17, 15) is 14.9 Å². The molecule has 0 radical (unpaired) electrons. The number of benzene rings is 2. The van der Waals surface area contributed by atoms with E-state index in [0.29, 0.717) is 5.69 Å². The van der Waals surface area contributed by atoms with Crippen molar-refractivity contribution in [1.82, 2.24) is 9.88 Å². The molecule has 0 saturated carbocycles. The van der Waals surface area contributed by atoms with Gasteiger partial charge in [-0.25, -0.2) is 4.98 Å². The minimum atomic E-state index is -0.568. The lowest BCUT2D eigenvalue weighted by Gasteiger charge is -2.22. The van der Waals surface area contributed by atoms with E-state index in [1.807, 2.05) is 18.2 Å². The van der Waals surface area contributed by atoms with E-state index < -0.39 is 4.92 Å². The molecule has 1 fully saturated rings. The van der Waals surface area contributed by atoms with Gasteiger partial charge in [-0.05, 0) is 43.7 Å². The molecule has 1 unspecified atom stereocenters. The van der Waals surface area contributed by atoms with Crippen LogP contribution < -0.4 is 5.32 Å². The van der Waals surface area contributed by atoms with E-state index in [1.54, 1.807) is 17.4 Å². The summed E-state index contributed by atoms with van der Waals surface area (Å²) in [4.78, 5) is 29.8. The lowest BCUT2D eigenvalue weighted by molar-refractivity contribution is -0.384. The van der Waals surface area contributed by atoms with Crippen LogP contribution in [0, 0.1) is 10.1 Å². The summed E-state index contributed by atoms with van der Waals surface area (Å²) in [6.45, 7) is 1.02. The fourth-order valence-corrected chi connectivity index (χ4v) is 4.77. The number of nitrogens with zero attached hydrogens (tertiary/aromatic N) is 3. The maximum Gasteiger partial charge on any atom is 0.289 e. The number of likely N-dealkylation sites (tertiary alicyclic amines) is 1. The van der Waals surface area contributed by atoms with Crippen molar-refractivity contribution in [2.24, 2.45) is 0 Å². The summed E-state index contributed by atoms with van der Waals surface area (Å²) in [6, 6.07) is 12.4. The second-order valence-electron chi connectivity index (χ2n) is 6.62. The van der Waals surface area contributed by atoms with Gasteiger partial charge < -0.3 is 5.32 Å². The molecular weight excluding hydrogens is 400 g/mol. The number of carbonyl (C=O) groups excluding carboxylic acids is 1. The number of nitrogens with one attached hydrogen (secondary N) is 1. The molecule has 144 valence electrons. The molecule has 1 aromatic heterocycles. The summed E-state index contributed by atoms with van der Waals surface area (Å²) >= 11 is 7.48. The standard InChI is InChI=1S/C19H17ClN4O3S/c20-13-8-7-12(10-16(13)24(26)27)21-18(25)11-23-9-3-5-15(23)19-22-14-4-1-2-6-17(14)28-19/h1-2,4,6-8,10,15H,3,5,9,11H2,(H,21,25). The number of rotatable bonds is 5. The fourth-order valence-electron chi connectivity index (χ4n) is 3.44. The number of nitro benzene ring substituents is 1. The highest BCUT2D eigenvalue weighted by Crippen LogP contribution is 2.36. The monoisotopic (exact) mass is 416 g/mol. The molecule has 1 saturated heterocycles. The highest BCUT2D eigenvalue weighted by Gasteiger charge is 2.30. The van der Waals surface area contributed by atoms with Crippen LogP contribution in [-0.2, 0) is 4.79 Å². The lowest BCUT2D eigenvalue weighted by Crippen LogP contribution is -2.32. The van der Waals surface area contributed by atoms with Crippen LogP contribution >= 0.6 is 22.9 Å². The van der Waals surface area contributed by atoms with Gasteiger partial charge in [-0.1, -0.05) is 23.7 Å². The minimum absolute atomic E-state index is 0.0402. The fraction of sp³-hybridized carbons (Fsp3) is 0.263. The second-order valence-corrected chi connectivity index (χ2v) is 8.09. The Bertz CT molecular complexity index is 1020. The predicted octanol–water partition coefficient (Wildman–Crippen LogP) is 4.63. The van der Waals surface area contributed by atoms with Crippen LogP contribution in [0.15, 0.2) is 42.5 Å². The molecule has 7 nitrogen and oxygen atoms in total. The third-order valence-electron chi connectivity index (χ3n) is 4.73. The third kappa shape index (κ3) is 3.84. The topological polar surface area (TPSA) is 88.4 Å². The summed E-state index contributed by atoms with van der Waals surface area (Å²) in [5, 5.41) is 14.8. The van der Waals surface area contributed by atoms with E-state index in [2.05, 4.69) is 16.3 Å². The van der Waals surface area contributed by atoms with E-state index in [-0.39, 0.29) is 29.2 Å². The number of halogens is 1. The van der Waals surface area contributed by atoms with E-state index in [4.69, 9.17) is 16.6 Å². The van der Waals surface area contributed by atoms with Crippen molar-refractivity contribution in [3.63, 3.8) is 0 Å². The van der Waals surface area contributed by atoms with Gasteiger partial charge in [0.05, 0.1) is 27.7 Å². The van der Waals surface area contributed by atoms with E-state index >= 15 is 0 Å². The molecule has 0 aliphatic carbocycles. The maximum atomic E-state index is 12.5. The van der Waals surface area contributed by atoms with Crippen molar-refractivity contribution in [3.8, 4) is 0 Å². The van der Waals surface area contributed by atoms with Crippen LogP contribution in [0.25, 0.3) is 10.2 Å². The zero-order chi connectivity index (χ0) is 19.7. The normalized spacial score (nSPS) is 17.1. The average Bonchev–Trinajstić information content (AvgIpc) is 3.29. The Kier molecular flexibility index (Phi) is 5.25. The molecule has 1 aliphatic heterocycles. The third-order valence-corrected chi connectivity index (χ3v) is 6.19. The molecule has 1 N–H and O–H groups in total.